The summed E-state index contributed by atoms with van der Waals surface area (Å²) in [6, 6.07) is 10.6. The number of rotatable bonds is 1. The fraction of sp³-hybridized carbons (Fsp3) is 0.300. The Kier molecular flexibility index (Phi) is 1.72. The molecule has 0 spiro atoms. The van der Waals surface area contributed by atoms with Crippen LogP contribution in [-0.4, -0.2) is 12.8 Å². The van der Waals surface area contributed by atoms with Crippen LogP contribution in [0.3, 0.4) is 0 Å². The SMILES string of the molecule is C1=NCC[C@H]1c1ccccc1. The van der Waals surface area contributed by atoms with Crippen molar-refractivity contribution in [3.8, 4) is 0 Å². The normalized spacial score (nSPS) is 22.4. The number of hydrogen-bond donors (Lipinski definition) is 0. The monoisotopic (exact) mass is 145 g/mol. The van der Waals surface area contributed by atoms with E-state index in [0.717, 1.165) is 6.54 Å². The van der Waals surface area contributed by atoms with Crippen molar-refractivity contribution in [2.75, 3.05) is 6.54 Å². The molecule has 1 aliphatic rings. The maximum absolute atomic E-state index is 4.22. The van der Waals surface area contributed by atoms with Crippen molar-refractivity contribution in [3.63, 3.8) is 0 Å². The maximum Gasteiger partial charge on any atom is 0.0395 e. The lowest BCUT2D eigenvalue weighted by atomic mass is 9.99. The Morgan fingerprint density at radius 3 is 2.64 bits per heavy atom. The first-order chi connectivity index (χ1) is 5.47. The predicted molar refractivity (Wildman–Crippen MR) is 47.2 cm³/mol. The van der Waals surface area contributed by atoms with Gasteiger partial charge in [-0.05, 0) is 12.0 Å². The first-order valence-electron chi connectivity index (χ1n) is 4.02. The largest absolute Gasteiger partial charge is 0.297 e. The van der Waals surface area contributed by atoms with Crippen molar-refractivity contribution in [2.45, 2.75) is 12.3 Å². The van der Waals surface area contributed by atoms with Crippen LogP contribution in [0.2, 0.25) is 0 Å². The van der Waals surface area contributed by atoms with E-state index in [2.05, 4.69) is 41.5 Å². The van der Waals surface area contributed by atoms with Crippen LogP contribution in [0, 0.1) is 0 Å². The van der Waals surface area contributed by atoms with Crippen LogP contribution in [-0.2, 0) is 0 Å². The molecule has 0 bridgehead atoms. The molecule has 0 N–H and O–H groups in total. The van der Waals surface area contributed by atoms with Crippen molar-refractivity contribution >= 4 is 6.21 Å². The van der Waals surface area contributed by atoms with Crippen LogP contribution < -0.4 is 0 Å². The third kappa shape index (κ3) is 1.32. The molecule has 0 amide bonds. The van der Waals surface area contributed by atoms with Crippen molar-refractivity contribution in [1.82, 2.24) is 0 Å². The molecular formula is C10H11N. The first-order valence-corrected chi connectivity index (χ1v) is 4.02. The molecule has 1 aliphatic heterocycles. The molecule has 1 aromatic rings. The van der Waals surface area contributed by atoms with E-state index in [1.807, 2.05) is 0 Å². The smallest absolute Gasteiger partial charge is 0.0395 e. The van der Waals surface area contributed by atoms with E-state index in [4.69, 9.17) is 0 Å². The van der Waals surface area contributed by atoms with E-state index >= 15 is 0 Å². The second-order valence-electron chi connectivity index (χ2n) is 2.86. The Morgan fingerprint density at radius 1 is 1.18 bits per heavy atom. The lowest BCUT2D eigenvalue weighted by molar-refractivity contribution is 0.847. The zero-order valence-electron chi connectivity index (χ0n) is 6.40. The summed E-state index contributed by atoms with van der Waals surface area (Å²) in [7, 11) is 0. The van der Waals surface area contributed by atoms with Gasteiger partial charge in [-0.3, -0.25) is 4.99 Å². The van der Waals surface area contributed by atoms with Gasteiger partial charge in [0.05, 0.1) is 0 Å². The van der Waals surface area contributed by atoms with Crippen molar-refractivity contribution in [1.29, 1.82) is 0 Å². The summed E-state index contributed by atoms with van der Waals surface area (Å²) in [5, 5.41) is 0. The summed E-state index contributed by atoms with van der Waals surface area (Å²) < 4.78 is 0. The molecule has 0 saturated carbocycles. The van der Waals surface area contributed by atoms with Gasteiger partial charge in [0.1, 0.15) is 0 Å². The zero-order chi connectivity index (χ0) is 7.52. The minimum atomic E-state index is 0.580. The van der Waals surface area contributed by atoms with Gasteiger partial charge in [-0.15, -0.1) is 0 Å². The summed E-state index contributed by atoms with van der Waals surface area (Å²) in [5.74, 6) is 0.580. The van der Waals surface area contributed by atoms with E-state index in [0.29, 0.717) is 5.92 Å². The third-order valence-corrected chi connectivity index (χ3v) is 2.08. The van der Waals surface area contributed by atoms with E-state index in [9.17, 15) is 0 Å². The molecule has 11 heavy (non-hydrogen) atoms. The highest BCUT2D eigenvalue weighted by molar-refractivity contribution is 5.69. The topological polar surface area (TPSA) is 12.4 Å². The Bertz CT molecular complexity index is 251. The molecule has 1 heterocycles. The summed E-state index contributed by atoms with van der Waals surface area (Å²) in [6.45, 7) is 1.000. The second kappa shape index (κ2) is 2.87. The number of benzene rings is 1. The zero-order valence-corrected chi connectivity index (χ0v) is 6.40. The predicted octanol–water partition coefficient (Wildman–Crippen LogP) is 2.24. The van der Waals surface area contributed by atoms with Crippen molar-refractivity contribution in [2.24, 2.45) is 4.99 Å². The van der Waals surface area contributed by atoms with Crippen molar-refractivity contribution in [3.05, 3.63) is 35.9 Å². The molecule has 1 heteroatoms. The highest BCUT2D eigenvalue weighted by Gasteiger charge is 2.11. The number of aliphatic imine (C=N–C) groups is 1. The van der Waals surface area contributed by atoms with E-state index in [-0.39, 0.29) is 0 Å². The maximum atomic E-state index is 4.22. The van der Waals surface area contributed by atoms with E-state index in [1.54, 1.807) is 0 Å². The molecule has 0 aromatic heterocycles. The van der Waals surface area contributed by atoms with Gasteiger partial charge in [-0.2, -0.15) is 0 Å². The van der Waals surface area contributed by atoms with Gasteiger partial charge < -0.3 is 0 Å². The van der Waals surface area contributed by atoms with Gasteiger partial charge in [-0.1, -0.05) is 30.3 Å². The minimum absolute atomic E-state index is 0.580. The molecule has 0 unspecified atom stereocenters. The van der Waals surface area contributed by atoms with Gasteiger partial charge in [0, 0.05) is 18.7 Å². The Labute approximate surface area is 66.8 Å². The summed E-state index contributed by atoms with van der Waals surface area (Å²) >= 11 is 0. The van der Waals surface area contributed by atoms with Crippen LogP contribution in [0.5, 0.6) is 0 Å². The summed E-state index contributed by atoms with van der Waals surface area (Å²) in [6.07, 6.45) is 3.25. The van der Waals surface area contributed by atoms with Gasteiger partial charge in [0.15, 0.2) is 0 Å². The summed E-state index contributed by atoms with van der Waals surface area (Å²) in [5.41, 5.74) is 1.40. The molecule has 1 nitrogen and oxygen atoms in total. The van der Waals surface area contributed by atoms with Gasteiger partial charge >= 0.3 is 0 Å². The highest BCUT2D eigenvalue weighted by Crippen LogP contribution is 2.20. The number of nitrogens with zero attached hydrogens (tertiary/aromatic N) is 1. The number of hydrogen-bond acceptors (Lipinski definition) is 1. The van der Waals surface area contributed by atoms with Crippen LogP contribution in [0.15, 0.2) is 35.3 Å². The van der Waals surface area contributed by atoms with Crippen LogP contribution in [0.25, 0.3) is 0 Å². The molecule has 2 rings (SSSR count). The van der Waals surface area contributed by atoms with Gasteiger partial charge in [-0.25, -0.2) is 0 Å². The molecule has 56 valence electrons. The Morgan fingerprint density at radius 2 is 2.00 bits per heavy atom. The van der Waals surface area contributed by atoms with Crippen LogP contribution in [0.1, 0.15) is 17.9 Å². The minimum Gasteiger partial charge on any atom is -0.297 e. The lowest BCUT2D eigenvalue weighted by Crippen LogP contribution is -1.94. The molecule has 1 atom stereocenters. The van der Waals surface area contributed by atoms with Crippen molar-refractivity contribution < 1.29 is 0 Å². The van der Waals surface area contributed by atoms with Gasteiger partial charge in [0.2, 0.25) is 0 Å². The average molecular weight is 145 g/mol. The molecule has 1 aromatic carbocycles. The van der Waals surface area contributed by atoms with E-state index < -0.39 is 0 Å². The fourth-order valence-electron chi connectivity index (χ4n) is 1.44. The molecular weight excluding hydrogens is 134 g/mol. The van der Waals surface area contributed by atoms with E-state index in [1.165, 1.54) is 12.0 Å². The van der Waals surface area contributed by atoms with Crippen LogP contribution in [0.4, 0.5) is 0 Å². The third-order valence-electron chi connectivity index (χ3n) is 2.08. The molecule has 0 radical (unpaired) electrons. The lowest BCUT2D eigenvalue weighted by Gasteiger charge is -2.04. The van der Waals surface area contributed by atoms with Gasteiger partial charge in [0.25, 0.3) is 0 Å². The second-order valence-corrected chi connectivity index (χ2v) is 2.86. The summed E-state index contributed by atoms with van der Waals surface area (Å²) in [4.78, 5) is 4.22. The highest BCUT2D eigenvalue weighted by atomic mass is 14.7. The molecule has 0 aliphatic carbocycles. The first kappa shape index (κ1) is 6.59. The molecule has 0 saturated heterocycles. The molecule has 0 fully saturated rings. The standard InChI is InChI=1S/C10H11N/c1-2-4-9(5-3-1)10-6-7-11-8-10/h1-5,8,10H,6-7H2/t10-/m1/s1. The average Bonchev–Trinajstić information content (AvgIpc) is 2.58. The fourth-order valence-corrected chi connectivity index (χ4v) is 1.44. The van der Waals surface area contributed by atoms with Crippen LogP contribution >= 0.6 is 0 Å². The Hall–Kier alpha value is -1.11. The Balaban J connectivity index is 2.23. The quantitative estimate of drug-likeness (QED) is 0.574.